The molecule has 1 unspecified atom stereocenters. The molecular weight excluding hydrogens is 356 g/mol. The van der Waals surface area contributed by atoms with E-state index in [2.05, 4.69) is 10.6 Å². The van der Waals surface area contributed by atoms with Gasteiger partial charge < -0.3 is 14.8 Å². The van der Waals surface area contributed by atoms with Crippen LogP contribution in [0.3, 0.4) is 0 Å². The van der Waals surface area contributed by atoms with Crippen LogP contribution in [0.5, 0.6) is 0 Å². The van der Waals surface area contributed by atoms with Crippen LogP contribution >= 0.6 is 11.6 Å². The predicted octanol–water partition coefficient (Wildman–Crippen LogP) is 3.52. The van der Waals surface area contributed by atoms with Crippen LogP contribution in [0.25, 0.3) is 0 Å². The van der Waals surface area contributed by atoms with E-state index in [0.29, 0.717) is 18.2 Å². The predicted molar refractivity (Wildman–Crippen MR) is 102 cm³/mol. The maximum atomic E-state index is 12.3. The van der Waals surface area contributed by atoms with E-state index in [9.17, 15) is 9.59 Å². The number of carbonyl (C=O) groups is 2. The van der Waals surface area contributed by atoms with Gasteiger partial charge in [-0.1, -0.05) is 37.6 Å². The first-order chi connectivity index (χ1) is 12.2. The highest BCUT2D eigenvalue weighted by atomic mass is 35.5. The lowest BCUT2D eigenvalue weighted by Crippen LogP contribution is -2.52. The average molecular weight is 385 g/mol. The minimum absolute atomic E-state index is 0.000523. The maximum absolute atomic E-state index is 12.3. The van der Waals surface area contributed by atoms with Crippen molar-refractivity contribution in [2.45, 2.75) is 59.4 Å². The molecule has 0 saturated carbocycles. The second-order valence-electron chi connectivity index (χ2n) is 6.87. The summed E-state index contributed by atoms with van der Waals surface area (Å²) < 4.78 is 10.6. The lowest BCUT2D eigenvalue weighted by molar-refractivity contribution is -0.123. The highest BCUT2D eigenvalue weighted by molar-refractivity contribution is 6.30. The number of hydrogen-bond donors (Lipinski definition) is 2. The molecule has 0 aliphatic carbocycles. The van der Waals surface area contributed by atoms with Crippen molar-refractivity contribution in [3.05, 3.63) is 34.9 Å². The Morgan fingerprint density at radius 1 is 1.08 bits per heavy atom. The van der Waals surface area contributed by atoms with E-state index in [1.807, 2.05) is 45.0 Å². The van der Waals surface area contributed by atoms with Gasteiger partial charge in [0.05, 0.1) is 25.4 Å². The summed E-state index contributed by atoms with van der Waals surface area (Å²) in [5, 5.41) is 6.16. The van der Waals surface area contributed by atoms with Crippen LogP contribution in [-0.2, 0) is 20.9 Å². The van der Waals surface area contributed by atoms with Gasteiger partial charge >= 0.3 is 6.09 Å². The third-order valence-corrected chi connectivity index (χ3v) is 3.78. The number of benzene rings is 1. The van der Waals surface area contributed by atoms with Crippen molar-refractivity contribution in [3.63, 3.8) is 0 Å². The summed E-state index contributed by atoms with van der Waals surface area (Å²) in [6.45, 7) is 10.1. The molecular formula is C19H29ClN2O4. The number of carbonyl (C=O) groups excluding carboxylic acids is 2. The van der Waals surface area contributed by atoms with Gasteiger partial charge in [-0.25, -0.2) is 4.79 Å². The van der Waals surface area contributed by atoms with Crippen molar-refractivity contribution in [2.75, 3.05) is 6.61 Å². The monoisotopic (exact) mass is 384 g/mol. The average Bonchev–Trinajstić information content (AvgIpc) is 2.53. The van der Waals surface area contributed by atoms with Crippen molar-refractivity contribution in [3.8, 4) is 0 Å². The van der Waals surface area contributed by atoms with Crippen LogP contribution < -0.4 is 10.6 Å². The van der Waals surface area contributed by atoms with Crippen LogP contribution in [-0.4, -0.2) is 36.8 Å². The topological polar surface area (TPSA) is 76.7 Å². The zero-order chi connectivity index (χ0) is 19.7. The number of nitrogens with one attached hydrogen (secondary N) is 2. The van der Waals surface area contributed by atoms with Gasteiger partial charge in [0.1, 0.15) is 0 Å². The zero-order valence-corrected chi connectivity index (χ0v) is 16.8. The number of imide groups is 1. The molecule has 26 heavy (non-hydrogen) atoms. The number of hydrogen-bond acceptors (Lipinski definition) is 5. The molecule has 2 N–H and O–H groups in total. The summed E-state index contributed by atoms with van der Waals surface area (Å²) in [5.74, 6) is -0.407. The third kappa shape index (κ3) is 8.65. The Morgan fingerprint density at radius 3 is 2.23 bits per heavy atom. The molecule has 0 spiro atoms. The fourth-order valence-corrected chi connectivity index (χ4v) is 2.41. The van der Waals surface area contributed by atoms with Crippen LogP contribution in [0.1, 0.15) is 40.2 Å². The van der Waals surface area contributed by atoms with Crippen LogP contribution in [0.15, 0.2) is 24.3 Å². The molecule has 7 heteroatoms. The Labute approximate surface area is 160 Å². The normalized spacial score (nSPS) is 13.5. The van der Waals surface area contributed by atoms with Crippen LogP contribution in [0.2, 0.25) is 5.02 Å². The fraction of sp³-hybridized carbons (Fsp3) is 0.579. The molecule has 0 saturated heterocycles. The largest absolute Gasteiger partial charge is 0.447 e. The highest BCUT2D eigenvalue weighted by Crippen LogP contribution is 2.10. The van der Waals surface area contributed by atoms with Gasteiger partial charge in [0.15, 0.2) is 0 Å². The molecule has 0 aliphatic rings. The Balaban J connectivity index is 2.45. The molecule has 146 valence electrons. The summed E-state index contributed by atoms with van der Waals surface area (Å²) in [6, 6.07) is 6.86. The molecule has 0 fully saturated rings. The summed E-state index contributed by atoms with van der Waals surface area (Å²) in [6.07, 6.45) is -1.02. The Hall–Kier alpha value is -1.63. The SMILES string of the molecule is CC(COCc1ccc(Cl)cc1)N[C@H](C(=O)NC(=O)OC(C)C)C(C)C. The van der Waals surface area contributed by atoms with Crippen molar-refractivity contribution in [1.29, 1.82) is 0 Å². The van der Waals surface area contributed by atoms with E-state index in [-0.39, 0.29) is 18.1 Å². The molecule has 6 nitrogen and oxygen atoms in total. The van der Waals surface area contributed by atoms with E-state index in [4.69, 9.17) is 21.1 Å². The lowest BCUT2D eigenvalue weighted by atomic mass is 10.0. The van der Waals surface area contributed by atoms with Crippen molar-refractivity contribution in [1.82, 2.24) is 10.6 Å². The number of amides is 2. The molecule has 2 amide bonds. The molecule has 2 atom stereocenters. The summed E-state index contributed by atoms with van der Waals surface area (Å²) in [4.78, 5) is 23.9. The first-order valence-corrected chi connectivity index (χ1v) is 9.16. The van der Waals surface area contributed by atoms with Crippen LogP contribution in [0.4, 0.5) is 4.79 Å². The minimum atomic E-state index is -0.732. The van der Waals surface area contributed by atoms with E-state index in [1.165, 1.54) is 0 Å². The quantitative estimate of drug-likeness (QED) is 0.681. The minimum Gasteiger partial charge on any atom is -0.447 e. The van der Waals surface area contributed by atoms with E-state index in [0.717, 1.165) is 5.56 Å². The third-order valence-electron chi connectivity index (χ3n) is 3.53. The molecule has 0 radical (unpaired) electrons. The van der Waals surface area contributed by atoms with E-state index < -0.39 is 18.0 Å². The van der Waals surface area contributed by atoms with Gasteiger partial charge in [0.2, 0.25) is 5.91 Å². The van der Waals surface area contributed by atoms with Crippen LogP contribution in [0, 0.1) is 5.92 Å². The number of alkyl carbamates (subject to hydrolysis) is 1. The standard InChI is InChI=1S/C19H29ClN2O4/c1-12(2)17(18(23)22-19(24)26-13(3)4)21-14(5)10-25-11-15-6-8-16(20)9-7-15/h6-9,12-14,17,21H,10-11H2,1-5H3,(H,22,23,24)/t14?,17-/m0/s1. The van der Waals surface area contributed by atoms with Gasteiger partial charge in [-0.3, -0.25) is 10.1 Å². The number of halogens is 1. The summed E-state index contributed by atoms with van der Waals surface area (Å²) >= 11 is 5.85. The van der Waals surface area contributed by atoms with Gasteiger partial charge in [-0.15, -0.1) is 0 Å². The second-order valence-corrected chi connectivity index (χ2v) is 7.31. The first-order valence-electron chi connectivity index (χ1n) is 8.78. The molecule has 1 aromatic rings. The van der Waals surface area contributed by atoms with E-state index in [1.54, 1.807) is 13.8 Å². The van der Waals surface area contributed by atoms with Gasteiger partial charge in [0, 0.05) is 11.1 Å². The highest BCUT2D eigenvalue weighted by Gasteiger charge is 2.26. The molecule has 1 rings (SSSR count). The molecule has 0 aliphatic heterocycles. The molecule has 0 bridgehead atoms. The Kier molecular flexibility index (Phi) is 9.62. The molecule has 0 aromatic heterocycles. The Bertz CT molecular complexity index is 575. The van der Waals surface area contributed by atoms with Gasteiger partial charge in [-0.2, -0.15) is 0 Å². The van der Waals surface area contributed by atoms with Crippen molar-refractivity contribution >= 4 is 23.6 Å². The second kappa shape index (κ2) is 11.2. The molecule has 1 aromatic carbocycles. The fourth-order valence-electron chi connectivity index (χ4n) is 2.28. The summed E-state index contributed by atoms with van der Waals surface area (Å²) in [7, 11) is 0. The van der Waals surface area contributed by atoms with Gasteiger partial charge in [-0.05, 0) is 44.4 Å². The first kappa shape index (κ1) is 22.4. The summed E-state index contributed by atoms with van der Waals surface area (Å²) in [5.41, 5.74) is 1.02. The zero-order valence-electron chi connectivity index (χ0n) is 16.0. The molecule has 0 heterocycles. The smallest absolute Gasteiger partial charge is 0.414 e. The van der Waals surface area contributed by atoms with E-state index >= 15 is 0 Å². The lowest BCUT2D eigenvalue weighted by Gasteiger charge is -2.25. The number of rotatable bonds is 9. The Morgan fingerprint density at radius 2 is 1.69 bits per heavy atom. The van der Waals surface area contributed by atoms with Crippen molar-refractivity contribution < 1.29 is 19.1 Å². The van der Waals surface area contributed by atoms with Gasteiger partial charge in [0.25, 0.3) is 0 Å². The maximum Gasteiger partial charge on any atom is 0.414 e. The van der Waals surface area contributed by atoms with Crippen molar-refractivity contribution in [2.24, 2.45) is 5.92 Å². The number of ether oxygens (including phenoxy) is 2.